The van der Waals surface area contributed by atoms with Gasteiger partial charge in [-0.25, -0.2) is 0 Å². The van der Waals surface area contributed by atoms with Crippen LogP contribution in [-0.2, 0) is 4.79 Å². The lowest BCUT2D eigenvalue weighted by Gasteiger charge is -2.26. The zero-order chi connectivity index (χ0) is 17.6. The Bertz CT molecular complexity index is 751. The van der Waals surface area contributed by atoms with Crippen LogP contribution < -0.4 is 14.8 Å². The van der Waals surface area contributed by atoms with Gasteiger partial charge in [0.05, 0.1) is 24.3 Å². The Morgan fingerprint density at radius 3 is 2.92 bits per heavy atom. The number of para-hydroxylation sites is 1. The molecular weight excluding hydrogens is 361 g/mol. The van der Waals surface area contributed by atoms with E-state index in [0.717, 1.165) is 17.7 Å². The molecule has 2 aromatic carbocycles. The minimum Gasteiger partial charge on any atom is -0.493 e. The average molecular weight is 380 g/mol. The molecule has 0 aromatic heterocycles. The van der Waals surface area contributed by atoms with Gasteiger partial charge in [0.25, 0.3) is 0 Å². The molecule has 6 heteroatoms. The van der Waals surface area contributed by atoms with Crippen molar-refractivity contribution in [3.8, 4) is 11.5 Å². The van der Waals surface area contributed by atoms with Crippen LogP contribution in [0.25, 0.3) is 0 Å². The number of hydrogen-bond acceptors (Lipinski definition) is 3. The number of hydrogen-bond donors (Lipinski definition) is 1. The van der Waals surface area contributed by atoms with Gasteiger partial charge < -0.3 is 14.8 Å². The van der Waals surface area contributed by atoms with E-state index >= 15 is 0 Å². The second-order valence-electron chi connectivity index (χ2n) is 5.82. The number of amides is 1. The Kier molecular flexibility index (Phi) is 6.05. The Hall–Kier alpha value is -1.91. The van der Waals surface area contributed by atoms with Gasteiger partial charge in [-0.15, -0.1) is 0 Å². The summed E-state index contributed by atoms with van der Waals surface area (Å²) in [6.45, 7) is 1.03. The zero-order valence-corrected chi connectivity index (χ0v) is 15.1. The van der Waals surface area contributed by atoms with E-state index < -0.39 is 0 Å². The number of fused-ring (bicyclic) bond motifs is 1. The first-order chi connectivity index (χ1) is 12.1. The fourth-order valence-electron chi connectivity index (χ4n) is 2.77. The van der Waals surface area contributed by atoms with Gasteiger partial charge in [-0.1, -0.05) is 41.4 Å². The molecule has 1 amide bonds. The standard InChI is InChI=1S/C19H19Cl2NO3/c20-13-7-8-18(15(21)12-13)24-10-3-6-19(23)22-16-9-11-25-17-5-2-1-4-14(16)17/h1-2,4-5,7-8,12,16H,3,6,9-11H2,(H,22,23). The van der Waals surface area contributed by atoms with Crippen molar-refractivity contribution in [2.45, 2.75) is 25.3 Å². The number of ether oxygens (including phenoxy) is 2. The summed E-state index contributed by atoms with van der Waals surface area (Å²) >= 11 is 11.9. The molecule has 0 spiro atoms. The Morgan fingerprint density at radius 1 is 1.24 bits per heavy atom. The van der Waals surface area contributed by atoms with Gasteiger partial charge in [-0.2, -0.15) is 0 Å². The fraction of sp³-hybridized carbons (Fsp3) is 0.316. The highest BCUT2D eigenvalue weighted by Crippen LogP contribution is 2.31. The molecule has 25 heavy (non-hydrogen) atoms. The molecular formula is C19H19Cl2NO3. The monoisotopic (exact) mass is 379 g/mol. The summed E-state index contributed by atoms with van der Waals surface area (Å²) in [6, 6.07) is 12.9. The number of nitrogens with one attached hydrogen (secondary N) is 1. The van der Waals surface area contributed by atoms with Gasteiger partial charge in [0.1, 0.15) is 11.5 Å². The summed E-state index contributed by atoms with van der Waals surface area (Å²) in [7, 11) is 0. The lowest BCUT2D eigenvalue weighted by atomic mass is 10.0. The van der Waals surface area contributed by atoms with Crippen molar-refractivity contribution < 1.29 is 14.3 Å². The van der Waals surface area contributed by atoms with E-state index in [1.54, 1.807) is 18.2 Å². The van der Waals surface area contributed by atoms with Crippen molar-refractivity contribution in [1.82, 2.24) is 5.32 Å². The minimum absolute atomic E-state index is 0.00378. The molecule has 1 unspecified atom stereocenters. The summed E-state index contributed by atoms with van der Waals surface area (Å²) in [5.41, 5.74) is 1.03. The van der Waals surface area contributed by atoms with Crippen molar-refractivity contribution in [3.63, 3.8) is 0 Å². The normalized spacial score (nSPS) is 15.8. The molecule has 1 N–H and O–H groups in total. The molecule has 0 bridgehead atoms. The number of carbonyl (C=O) groups is 1. The Morgan fingerprint density at radius 2 is 2.08 bits per heavy atom. The van der Waals surface area contributed by atoms with Crippen molar-refractivity contribution in [2.24, 2.45) is 0 Å². The zero-order valence-electron chi connectivity index (χ0n) is 13.6. The third-order valence-corrected chi connectivity index (χ3v) is 4.52. The predicted octanol–water partition coefficient (Wildman–Crippen LogP) is 4.79. The molecule has 3 rings (SSSR count). The van der Waals surface area contributed by atoms with E-state index in [1.165, 1.54) is 0 Å². The van der Waals surface area contributed by atoms with Gasteiger partial charge in [0, 0.05) is 23.4 Å². The van der Waals surface area contributed by atoms with E-state index in [0.29, 0.717) is 41.9 Å². The molecule has 0 radical (unpaired) electrons. The first-order valence-corrected chi connectivity index (χ1v) is 8.98. The molecule has 1 heterocycles. The number of benzene rings is 2. The lowest BCUT2D eigenvalue weighted by Crippen LogP contribution is -2.32. The summed E-state index contributed by atoms with van der Waals surface area (Å²) < 4.78 is 11.2. The van der Waals surface area contributed by atoms with Crippen molar-refractivity contribution >= 4 is 29.1 Å². The SMILES string of the molecule is O=C(CCCOc1ccc(Cl)cc1Cl)NC1CCOc2ccccc21. The predicted molar refractivity (Wildman–Crippen MR) is 98.6 cm³/mol. The van der Waals surface area contributed by atoms with E-state index in [2.05, 4.69) is 5.32 Å². The second kappa shape index (κ2) is 8.45. The summed E-state index contributed by atoms with van der Waals surface area (Å²) in [5, 5.41) is 4.11. The van der Waals surface area contributed by atoms with E-state index in [1.807, 2.05) is 24.3 Å². The molecule has 2 aromatic rings. The largest absolute Gasteiger partial charge is 0.493 e. The highest BCUT2D eigenvalue weighted by Gasteiger charge is 2.22. The third kappa shape index (κ3) is 4.80. The van der Waals surface area contributed by atoms with Gasteiger partial charge >= 0.3 is 0 Å². The number of carbonyl (C=O) groups excluding carboxylic acids is 1. The van der Waals surface area contributed by atoms with Crippen LogP contribution in [0.2, 0.25) is 10.0 Å². The van der Waals surface area contributed by atoms with Crippen molar-refractivity contribution in [1.29, 1.82) is 0 Å². The van der Waals surface area contributed by atoms with Crippen LogP contribution in [0.5, 0.6) is 11.5 Å². The molecule has 1 aliphatic heterocycles. The van der Waals surface area contributed by atoms with Crippen LogP contribution in [0.15, 0.2) is 42.5 Å². The van der Waals surface area contributed by atoms with Crippen molar-refractivity contribution in [2.75, 3.05) is 13.2 Å². The van der Waals surface area contributed by atoms with Crippen LogP contribution in [0, 0.1) is 0 Å². The fourth-order valence-corrected chi connectivity index (χ4v) is 3.23. The molecule has 4 nitrogen and oxygen atoms in total. The molecule has 1 atom stereocenters. The minimum atomic E-state index is 0.00378. The Labute approximate surface area is 157 Å². The van der Waals surface area contributed by atoms with Crippen molar-refractivity contribution in [3.05, 3.63) is 58.1 Å². The second-order valence-corrected chi connectivity index (χ2v) is 6.67. The highest BCUT2D eigenvalue weighted by atomic mass is 35.5. The Balaban J connectivity index is 1.44. The number of halogens is 2. The summed E-state index contributed by atoms with van der Waals surface area (Å²) in [6.07, 6.45) is 1.78. The van der Waals surface area contributed by atoms with Gasteiger partial charge in [-0.05, 0) is 30.7 Å². The maximum atomic E-state index is 12.2. The van der Waals surface area contributed by atoms with Gasteiger partial charge in [-0.3, -0.25) is 4.79 Å². The topological polar surface area (TPSA) is 47.6 Å². The number of rotatable bonds is 6. The quantitative estimate of drug-likeness (QED) is 0.733. The van der Waals surface area contributed by atoms with Gasteiger partial charge in [0.15, 0.2) is 0 Å². The maximum Gasteiger partial charge on any atom is 0.220 e. The van der Waals surface area contributed by atoms with Crippen LogP contribution in [0.4, 0.5) is 0 Å². The highest BCUT2D eigenvalue weighted by molar-refractivity contribution is 6.35. The maximum absolute atomic E-state index is 12.2. The molecule has 0 aliphatic carbocycles. The van der Waals surface area contributed by atoms with E-state index in [9.17, 15) is 4.79 Å². The lowest BCUT2D eigenvalue weighted by molar-refractivity contribution is -0.122. The first kappa shape index (κ1) is 17.9. The summed E-state index contributed by atoms with van der Waals surface area (Å²) in [5.74, 6) is 1.43. The van der Waals surface area contributed by atoms with Crippen LogP contribution in [0.3, 0.4) is 0 Å². The average Bonchev–Trinajstić information content (AvgIpc) is 2.60. The van der Waals surface area contributed by atoms with Crippen LogP contribution in [0.1, 0.15) is 30.9 Å². The smallest absolute Gasteiger partial charge is 0.220 e. The summed E-state index contributed by atoms with van der Waals surface area (Å²) in [4.78, 5) is 12.2. The van der Waals surface area contributed by atoms with Gasteiger partial charge in [0.2, 0.25) is 5.91 Å². The van der Waals surface area contributed by atoms with Crippen LogP contribution in [-0.4, -0.2) is 19.1 Å². The molecule has 0 fully saturated rings. The molecule has 132 valence electrons. The molecule has 1 aliphatic rings. The van der Waals surface area contributed by atoms with E-state index in [-0.39, 0.29) is 11.9 Å². The first-order valence-electron chi connectivity index (χ1n) is 8.22. The van der Waals surface area contributed by atoms with E-state index in [4.69, 9.17) is 32.7 Å². The van der Waals surface area contributed by atoms with Crippen LogP contribution >= 0.6 is 23.2 Å². The third-order valence-electron chi connectivity index (χ3n) is 3.99. The molecule has 0 saturated carbocycles. The molecule has 0 saturated heterocycles.